The van der Waals surface area contributed by atoms with E-state index in [1.165, 1.54) is 18.4 Å². The topological polar surface area (TPSA) is 38.3 Å². The van der Waals surface area contributed by atoms with Crippen LogP contribution in [0.4, 0.5) is 0 Å². The molecular formula is C19H29NO2. The first-order chi connectivity index (χ1) is 10.4. The number of nitrogens with one attached hydrogen (secondary N) is 1. The highest BCUT2D eigenvalue weighted by atomic mass is 16.5. The second-order valence-electron chi connectivity index (χ2n) is 6.96. The van der Waals surface area contributed by atoms with Gasteiger partial charge in [-0.25, -0.2) is 0 Å². The Labute approximate surface area is 134 Å². The van der Waals surface area contributed by atoms with Crippen LogP contribution in [0.5, 0.6) is 5.75 Å². The van der Waals surface area contributed by atoms with E-state index in [1.807, 2.05) is 13.8 Å². The van der Waals surface area contributed by atoms with E-state index in [0.29, 0.717) is 17.9 Å². The molecule has 0 saturated heterocycles. The van der Waals surface area contributed by atoms with Crippen LogP contribution < -0.4 is 10.1 Å². The molecule has 0 unspecified atom stereocenters. The van der Waals surface area contributed by atoms with Crippen LogP contribution in [0.3, 0.4) is 0 Å². The van der Waals surface area contributed by atoms with Gasteiger partial charge >= 0.3 is 0 Å². The summed E-state index contributed by atoms with van der Waals surface area (Å²) < 4.78 is 5.78. The first-order valence-corrected chi connectivity index (χ1v) is 8.38. The quantitative estimate of drug-likeness (QED) is 0.915. The van der Waals surface area contributed by atoms with Gasteiger partial charge in [-0.1, -0.05) is 44.4 Å². The summed E-state index contributed by atoms with van der Waals surface area (Å²) in [5.41, 5.74) is 3.40. The predicted octanol–water partition coefficient (Wildman–Crippen LogP) is 3.93. The van der Waals surface area contributed by atoms with Crippen molar-refractivity contribution in [2.45, 2.75) is 59.9 Å². The number of carbonyl (C=O) groups excluding carboxylic acids is 1. The molecule has 1 aliphatic rings. The first kappa shape index (κ1) is 16.9. The molecule has 1 aromatic rings. The molecule has 0 aromatic heterocycles. The Kier molecular flexibility index (Phi) is 5.49. The van der Waals surface area contributed by atoms with Crippen molar-refractivity contribution < 1.29 is 9.53 Å². The minimum absolute atomic E-state index is 0.00896. The fourth-order valence-corrected chi connectivity index (χ4v) is 3.57. The third kappa shape index (κ3) is 4.02. The van der Waals surface area contributed by atoms with Gasteiger partial charge in [-0.3, -0.25) is 4.79 Å². The normalized spacial score (nSPS) is 24.9. The lowest BCUT2D eigenvalue weighted by atomic mass is 9.78. The zero-order chi connectivity index (χ0) is 16.3. The lowest BCUT2D eigenvalue weighted by Crippen LogP contribution is -2.45. The number of aryl methyl sites for hydroxylation is 3. The summed E-state index contributed by atoms with van der Waals surface area (Å²) in [6.07, 6.45) is 3.55. The molecule has 1 aromatic carbocycles. The molecule has 1 fully saturated rings. The standard InChI is InChI=1S/C19H29NO2/c1-12-9-14(3)19(15(4)10-12)22-11-18(21)20-17-8-6-7-13(2)16(17)5/h9-10,13,16-17H,6-8,11H2,1-5H3,(H,20,21)/t13-,16-,17-/m0/s1. The van der Waals surface area contributed by atoms with E-state index in [2.05, 4.69) is 38.2 Å². The van der Waals surface area contributed by atoms with Gasteiger partial charge in [0.25, 0.3) is 5.91 Å². The van der Waals surface area contributed by atoms with Crippen LogP contribution in [0.25, 0.3) is 0 Å². The van der Waals surface area contributed by atoms with Crippen molar-refractivity contribution in [3.8, 4) is 5.75 Å². The molecule has 3 heteroatoms. The van der Waals surface area contributed by atoms with E-state index in [0.717, 1.165) is 23.3 Å². The minimum atomic E-state index is -0.00896. The molecule has 2 rings (SSSR count). The third-order valence-corrected chi connectivity index (χ3v) is 5.01. The van der Waals surface area contributed by atoms with Gasteiger partial charge in [-0.2, -0.15) is 0 Å². The van der Waals surface area contributed by atoms with E-state index in [9.17, 15) is 4.79 Å². The average Bonchev–Trinajstić information content (AvgIpc) is 2.42. The molecule has 0 aliphatic heterocycles. The van der Waals surface area contributed by atoms with Gasteiger partial charge in [0.05, 0.1) is 0 Å². The predicted molar refractivity (Wildman–Crippen MR) is 90.3 cm³/mol. The van der Waals surface area contributed by atoms with Crippen LogP contribution in [0.15, 0.2) is 12.1 Å². The Morgan fingerprint density at radius 3 is 2.45 bits per heavy atom. The fourth-order valence-electron chi connectivity index (χ4n) is 3.57. The number of hydrogen-bond acceptors (Lipinski definition) is 2. The van der Waals surface area contributed by atoms with Gasteiger partial charge in [-0.05, 0) is 50.2 Å². The van der Waals surface area contributed by atoms with Crippen LogP contribution in [-0.4, -0.2) is 18.6 Å². The van der Waals surface area contributed by atoms with E-state index in [-0.39, 0.29) is 12.5 Å². The van der Waals surface area contributed by atoms with E-state index >= 15 is 0 Å². The van der Waals surface area contributed by atoms with Crippen LogP contribution in [0, 0.1) is 32.6 Å². The lowest BCUT2D eigenvalue weighted by Gasteiger charge is -2.34. The van der Waals surface area contributed by atoms with Gasteiger partial charge in [0.1, 0.15) is 5.75 Å². The number of carbonyl (C=O) groups is 1. The molecule has 1 N–H and O–H groups in total. The summed E-state index contributed by atoms with van der Waals surface area (Å²) in [7, 11) is 0. The van der Waals surface area contributed by atoms with Gasteiger partial charge < -0.3 is 10.1 Å². The number of benzene rings is 1. The summed E-state index contributed by atoms with van der Waals surface area (Å²) in [6.45, 7) is 10.7. The molecular weight excluding hydrogens is 274 g/mol. The highest BCUT2D eigenvalue weighted by Crippen LogP contribution is 2.29. The van der Waals surface area contributed by atoms with Crippen LogP contribution >= 0.6 is 0 Å². The van der Waals surface area contributed by atoms with Crippen molar-refractivity contribution in [1.29, 1.82) is 0 Å². The second kappa shape index (κ2) is 7.17. The molecule has 1 aliphatic carbocycles. The summed E-state index contributed by atoms with van der Waals surface area (Å²) in [5, 5.41) is 3.16. The number of ether oxygens (including phenoxy) is 1. The molecule has 1 amide bonds. The third-order valence-electron chi connectivity index (χ3n) is 5.01. The Morgan fingerprint density at radius 2 is 1.82 bits per heavy atom. The van der Waals surface area contributed by atoms with Crippen molar-refractivity contribution in [2.75, 3.05) is 6.61 Å². The summed E-state index contributed by atoms with van der Waals surface area (Å²) in [5.74, 6) is 2.05. The minimum Gasteiger partial charge on any atom is -0.483 e. The lowest BCUT2D eigenvalue weighted by molar-refractivity contribution is -0.124. The van der Waals surface area contributed by atoms with Crippen LogP contribution in [-0.2, 0) is 4.79 Å². The fraction of sp³-hybridized carbons (Fsp3) is 0.632. The maximum Gasteiger partial charge on any atom is 0.258 e. The Morgan fingerprint density at radius 1 is 1.18 bits per heavy atom. The van der Waals surface area contributed by atoms with E-state index < -0.39 is 0 Å². The average molecular weight is 303 g/mol. The van der Waals surface area contributed by atoms with Crippen molar-refractivity contribution in [3.63, 3.8) is 0 Å². The maximum absolute atomic E-state index is 12.2. The van der Waals surface area contributed by atoms with Gasteiger partial charge in [0.15, 0.2) is 6.61 Å². The summed E-state index contributed by atoms with van der Waals surface area (Å²) in [4.78, 5) is 12.2. The summed E-state index contributed by atoms with van der Waals surface area (Å²) >= 11 is 0. The zero-order valence-electron chi connectivity index (χ0n) is 14.5. The first-order valence-electron chi connectivity index (χ1n) is 8.38. The molecule has 0 radical (unpaired) electrons. The van der Waals surface area contributed by atoms with Gasteiger partial charge in [0.2, 0.25) is 0 Å². The molecule has 0 spiro atoms. The molecule has 1 saturated carbocycles. The molecule has 3 atom stereocenters. The summed E-state index contributed by atoms with van der Waals surface area (Å²) in [6, 6.07) is 4.47. The Balaban J connectivity index is 1.91. The van der Waals surface area contributed by atoms with Crippen LogP contribution in [0.1, 0.15) is 49.8 Å². The van der Waals surface area contributed by atoms with Crippen molar-refractivity contribution in [2.24, 2.45) is 11.8 Å². The van der Waals surface area contributed by atoms with Crippen LogP contribution in [0.2, 0.25) is 0 Å². The SMILES string of the molecule is Cc1cc(C)c(OCC(=O)N[C@H]2CCC[C@H](C)[C@@H]2C)c(C)c1. The van der Waals surface area contributed by atoms with Crippen molar-refractivity contribution in [1.82, 2.24) is 5.32 Å². The highest BCUT2D eigenvalue weighted by Gasteiger charge is 2.28. The number of rotatable bonds is 4. The van der Waals surface area contributed by atoms with Gasteiger partial charge in [0, 0.05) is 6.04 Å². The zero-order valence-corrected chi connectivity index (χ0v) is 14.5. The highest BCUT2D eigenvalue weighted by molar-refractivity contribution is 5.78. The molecule has 122 valence electrons. The monoisotopic (exact) mass is 303 g/mol. The smallest absolute Gasteiger partial charge is 0.258 e. The van der Waals surface area contributed by atoms with E-state index in [4.69, 9.17) is 4.74 Å². The molecule has 0 heterocycles. The second-order valence-corrected chi connectivity index (χ2v) is 6.96. The Hall–Kier alpha value is -1.51. The maximum atomic E-state index is 12.2. The molecule has 22 heavy (non-hydrogen) atoms. The number of amides is 1. The van der Waals surface area contributed by atoms with E-state index in [1.54, 1.807) is 0 Å². The largest absolute Gasteiger partial charge is 0.483 e. The Bertz CT molecular complexity index is 515. The van der Waals surface area contributed by atoms with Gasteiger partial charge in [-0.15, -0.1) is 0 Å². The van der Waals surface area contributed by atoms with Crippen molar-refractivity contribution in [3.05, 3.63) is 28.8 Å². The molecule has 0 bridgehead atoms. The number of hydrogen-bond donors (Lipinski definition) is 1. The molecule has 3 nitrogen and oxygen atoms in total. The van der Waals surface area contributed by atoms with Crippen molar-refractivity contribution >= 4 is 5.91 Å².